The van der Waals surface area contributed by atoms with E-state index in [0.29, 0.717) is 0 Å². The molecule has 0 unspecified atom stereocenters. The van der Waals surface area contributed by atoms with Crippen molar-refractivity contribution in [2.75, 3.05) is 20.1 Å². The van der Waals surface area contributed by atoms with Crippen molar-refractivity contribution in [2.24, 2.45) is 0 Å². The highest BCUT2D eigenvalue weighted by molar-refractivity contribution is 5.72. The third-order valence-electron chi connectivity index (χ3n) is 2.51. The molecule has 0 aliphatic carbocycles. The van der Waals surface area contributed by atoms with Gasteiger partial charge in [0.15, 0.2) is 12.0 Å². The topological polar surface area (TPSA) is 50.1 Å². The number of aromatic nitrogens is 1. The third-order valence-corrected chi connectivity index (χ3v) is 2.51. The maximum atomic E-state index is 5.25. The molecule has 0 radical (unpaired) electrons. The van der Waals surface area contributed by atoms with Crippen molar-refractivity contribution in [3.8, 4) is 0 Å². The molecule has 16 heavy (non-hydrogen) atoms. The first-order chi connectivity index (χ1) is 7.90. The molecule has 2 N–H and O–H groups in total. The minimum Gasteiger partial charge on any atom is -0.443 e. The lowest BCUT2D eigenvalue weighted by molar-refractivity contribution is 0.599. The van der Waals surface area contributed by atoms with E-state index >= 15 is 0 Å². The first-order valence-electron chi connectivity index (χ1n) is 5.57. The molecular formula is C12H17N3O. The van der Waals surface area contributed by atoms with Crippen molar-refractivity contribution in [3.63, 3.8) is 0 Å². The largest absolute Gasteiger partial charge is 0.443 e. The number of hydrogen-bond acceptors (Lipinski definition) is 4. The Balaban J connectivity index is 1.84. The standard InChI is InChI=1S/C12H17N3O/c1-13-5-2-6-14-8-10-3-4-11-12(7-10)16-9-15-11/h3-4,7,9,13-14H,2,5-6,8H2,1H3. The van der Waals surface area contributed by atoms with Gasteiger partial charge in [0.2, 0.25) is 0 Å². The molecule has 86 valence electrons. The molecule has 1 aromatic carbocycles. The maximum absolute atomic E-state index is 5.25. The van der Waals surface area contributed by atoms with Crippen LogP contribution < -0.4 is 10.6 Å². The summed E-state index contributed by atoms with van der Waals surface area (Å²) in [6, 6.07) is 6.10. The van der Waals surface area contributed by atoms with Gasteiger partial charge >= 0.3 is 0 Å². The van der Waals surface area contributed by atoms with Gasteiger partial charge in [-0.05, 0) is 44.3 Å². The molecule has 0 saturated carbocycles. The molecule has 1 heterocycles. The van der Waals surface area contributed by atoms with Crippen molar-refractivity contribution in [1.82, 2.24) is 15.6 Å². The van der Waals surface area contributed by atoms with Crippen molar-refractivity contribution >= 4 is 11.1 Å². The van der Waals surface area contributed by atoms with Gasteiger partial charge in [-0.1, -0.05) is 6.07 Å². The second-order valence-corrected chi connectivity index (χ2v) is 3.79. The zero-order valence-electron chi connectivity index (χ0n) is 9.49. The van der Waals surface area contributed by atoms with Gasteiger partial charge in [-0.3, -0.25) is 0 Å². The quantitative estimate of drug-likeness (QED) is 0.723. The Bertz CT molecular complexity index is 439. The smallest absolute Gasteiger partial charge is 0.181 e. The van der Waals surface area contributed by atoms with Crippen molar-refractivity contribution < 1.29 is 4.42 Å². The minimum absolute atomic E-state index is 0.856. The predicted molar refractivity (Wildman–Crippen MR) is 64.3 cm³/mol. The first kappa shape index (κ1) is 11.1. The fourth-order valence-corrected chi connectivity index (χ4v) is 1.63. The summed E-state index contributed by atoms with van der Waals surface area (Å²) in [5.41, 5.74) is 3.00. The van der Waals surface area contributed by atoms with Gasteiger partial charge in [0.05, 0.1) is 0 Å². The fraction of sp³-hybridized carbons (Fsp3) is 0.417. The summed E-state index contributed by atoms with van der Waals surface area (Å²) in [7, 11) is 1.97. The summed E-state index contributed by atoms with van der Waals surface area (Å²) >= 11 is 0. The Kier molecular flexibility index (Phi) is 3.91. The van der Waals surface area contributed by atoms with Crippen molar-refractivity contribution in [2.45, 2.75) is 13.0 Å². The van der Waals surface area contributed by atoms with E-state index in [0.717, 1.165) is 37.2 Å². The summed E-state index contributed by atoms with van der Waals surface area (Å²) in [4.78, 5) is 4.09. The fourth-order valence-electron chi connectivity index (χ4n) is 1.63. The summed E-state index contributed by atoms with van der Waals surface area (Å²) in [6.07, 6.45) is 2.62. The van der Waals surface area contributed by atoms with E-state index in [-0.39, 0.29) is 0 Å². The third kappa shape index (κ3) is 2.81. The van der Waals surface area contributed by atoms with Gasteiger partial charge < -0.3 is 15.1 Å². The minimum atomic E-state index is 0.856. The Labute approximate surface area is 95.1 Å². The Morgan fingerprint density at radius 2 is 2.25 bits per heavy atom. The molecule has 0 amide bonds. The highest BCUT2D eigenvalue weighted by Gasteiger charge is 1.99. The molecule has 1 aromatic heterocycles. The molecule has 0 spiro atoms. The van der Waals surface area contributed by atoms with Crippen LogP contribution >= 0.6 is 0 Å². The van der Waals surface area contributed by atoms with E-state index in [4.69, 9.17) is 4.42 Å². The number of oxazole rings is 1. The van der Waals surface area contributed by atoms with E-state index in [9.17, 15) is 0 Å². The lowest BCUT2D eigenvalue weighted by Gasteiger charge is -2.04. The average Bonchev–Trinajstić information content (AvgIpc) is 2.76. The molecule has 0 aliphatic heterocycles. The van der Waals surface area contributed by atoms with Crippen LogP contribution in [0.5, 0.6) is 0 Å². The predicted octanol–water partition coefficient (Wildman–Crippen LogP) is 1.53. The number of hydrogen-bond donors (Lipinski definition) is 2. The van der Waals surface area contributed by atoms with Crippen LogP contribution in [0.15, 0.2) is 29.0 Å². The number of nitrogens with zero attached hydrogens (tertiary/aromatic N) is 1. The van der Waals surface area contributed by atoms with E-state index in [2.05, 4.69) is 21.7 Å². The molecule has 0 bridgehead atoms. The molecule has 2 aromatic rings. The molecule has 0 saturated heterocycles. The second-order valence-electron chi connectivity index (χ2n) is 3.79. The van der Waals surface area contributed by atoms with Crippen LogP contribution in [-0.2, 0) is 6.54 Å². The van der Waals surface area contributed by atoms with Crippen LogP contribution in [0.2, 0.25) is 0 Å². The van der Waals surface area contributed by atoms with Crippen LogP contribution in [0.4, 0.5) is 0 Å². The lowest BCUT2D eigenvalue weighted by Crippen LogP contribution is -2.19. The SMILES string of the molecule is CNCCCNCc1ccc2ncoc2c1. The summed E-state index contributed by atoms with van der Waals surface area (Å²) in [5.74, 6) is 0. The van der Waals surface area contributed by atoms with Crippen LogP contribution in [0, 0.1) is 0 Å². The van der Waals surface area contributed by atoms with Gasteiger partial charge in [0.1, 0.15) is 5.52 Å². The lowest BCUT2D eigenvalue weighted by atomic mass is 10.2. The first-order valence-corrected chi connectivity index (χ1v) is 5.57. The number of benzene rings is 1. The summed E-state index contributed by atoms with van der Waals surface area (Å²) in [6.45, 7) is 2.95. The Morgan fingerprint density at radius 1 is 1.31 bits per heavy atom. The van der Waals surface area contributed by atoms with Crippen LogP contribution in [0.1, 0.15) is 12.0 Å². The summed E-state index contributed by atoms with van der Waals surface area (Å²) in [5, 5.41) is 6.52. The second kappa shape index (κ2) is 5.63. The molecule has 0 aliphatic rings. The van der Waals surface area contributed by atoms with Gasteiger partial charge in [0.25, 0.3) is 0 Å². The van der Waals surface area contributed by atoms with E-state index < -0.39 is 0 Å². The normalized spacial score (nSPS) is 11.1. The van der Waals surface area contributed by atoms with E-state index in [1.807, 2.05) is 19.2 Å². The highest BCUT2D eigenvalue weighted by atomic mass is 16.3. The van der Waals surface area contributed by atoms with Crippen LogP contribution in [0.3, 0.4) is 0 Å². The molecule has 2 rings (SSSR count). The van der Waals surface area contributed by atoms with Gasteiger partial charge in [0, 0.05) is 6.54 Å². The Morgan fingerprint density at radius 3 is 3.12 bits per heavy atom. The Hall–Kier alpha value is -1.39. The molecule has 4 nitrogen and oxygen atoms in total. The molecule has 0 atom stereocenters. The van der Waals surface area contributed by atoms with Gasteiger partial charge in [-0.15, -0.1) is 0 Å². The highest BCUT2D eigenvalue weighted by Crippen LogP contribution is 2.13. The number of rotatable bonds is 6. The average molecular weight is 219 g/mol. The van der Waals surface area contributed by atoms with Crippen LogP contribution in [-0.4, -0.2) is 25.1 Å². The zero-order valence-corrected chi connectivity index (χ0v) is 9.49. The van der Waals surface area contributed by atoms with E-state index in [1.165, 1.54) is 12.0 Å². The van der Waals surface area contributed by atoms with Crippen molar-refractivity contribution in [3.05, 3.63) is 30.2 Å². The van der Waals surface area contributed by atoms with Crippen molar-refractivity contribution in [1.29, 1.82) is 0 Å². The maximum Gasteiger partial charge on any atom is 0.181 e. The monoisotopic (exact) mass is 219 g/mol. The van der Waals surface area contributed by atoms with Gasteiger partial charge in [-0.2, -0.15) is 0 Å². The van der Waals surface area contributed by atoms with Crippen LogP contribution in [0.25, 0.3) is 11.1 Å². The number of fused-ring (bicyclic) bond motifs is 1. The number of nitrogens with one attached hydrogen (secondary N) is 2. The molecule has 4 heteroatoms. The zero-order chi connectivity index (χ0) is 11.2. The summed E-state index contributed by atoms with van der Waals surface area (Å²) < 4.78 is 5.25. The van der Waals surface area contributed by atoms with Gasteiger partial charge in [-0.25, -0.2) is 4.98 Å². The molecule has 0 fully saturated rings. The molecular weight excluding hydrogens is 202 g/mol. The van der Waals surface area contributed by atoms with E-state index in [1.54, 1.807) is 0 Å².